The fourth-order valence-corrected chi connectivity index (χ4v) is 4.76. The summed E-state index contributed by atoms with van der Waals surface area (Å²) in [6.45, 7) is 6.25. The van der Waals surface area contributed by atoms with Crippen molar-refractivity contribution in [1.82, 2.24) is 9.13 Å². The molecule has 0 saturated heterocycles. The first-order chi connectivity index (χ1) is 17.0. The average molecular weight is 482 g/mol. The second kappa shape index (κ2) is 7.91. The van der Waals surface area contributed by atoms with Gasteiger partial charge in [0.1, 0.15) is 22.2 Å². The van der Waals surface area contributed by atoms with Gasteiger partial charge in [0.15, 0.2) is 0 Å². The summed E-state index contributed by atoms with van der Waals surface area (Å²) >= 11 is 0. The Morgan fingerprint density at radius 3 is 1.17 bits per heavy atom. The molecular weight excluding hydrogens is 460 g/mol. The van der Waals surface area contributed by atoms with Crippen molar-refractivity contribution in [2.45, 2.75) is 27.7 Å². The molecule has 0 fully saturated rings. The molecule has 0 bridgehead atoms. The molecule has 5 rings (SSSR count). The number of benzene rings is 2. The van der Waals surface area contributed by atoms with E-state index in [0.29, 0.717) is 11.4 Å². The zero-order valence-electron chi connectivity index (χ0n) is 20.0. The molecule has 2 aromatic rings. The van der Waals surface area contributed by atoms with Crippen LogP contribution in [0.15, 0.2) is 67.7 Å². The summed E-state index contributed by atoms with van der Waals surface area (Å²) in [6, 6.07) is 13.5. The second-order valence-corrected chi connectivity index (χ2v) is 8.98. The quantitative estimate of drug-likeness (QED) is 0.388. The Morgan fingerprint density at radius 1 is 0.583 bits per heavy atom. The highest BCUT2D eigenvalue weighted by Crippen LogP contribution is 2.10. The third-order valence-electron chi connectivity index (χ3n) is 6.45. The van der Waals surface area contributed by atoms with Gasteiger partial charge in [0.2, 0.25) is 10.9 Å². The van der Waals surface area contributed by atoms with Crippen LogP contribution >= 0.6 is 0 Å². The molecule has 0 spiro atoms. The fraction of sp³-hybridized carbons (Fsp3) is 0.143. The largest absolute Gasteiger partial charge is 0.512 e. The van der Waals surface area contributed by atoms with Crippen molar-refractivity contribution >= 4 is 11.5 Å². The fourth-order valence-electron chi connectivity index (χ4n) is 4.76. The van der Waals surface area contributed by atoms with Gasteiger partial charge in [0.25, 0.3) is 11.1 Å². The van der Waals surface area contributed by atoms with Gasteiger partial charge >= 0.3 is 0 Å². The minimum Gasteiger partial charge on any atom is -0.512 e. The Kier molecular flexibility index (Phi) is 5.06. The molecule has 2 aromatic carbocycles. The predicted octanol–water partition coefficient (Wildman–Crippen LogP) is 1.02. The lowest BCUT2D eigenvalue weighted by atomic mass is 10.1. The van der Waals surface area contributed by atoms with Crippen LogP contribution in [0.5, 0.6) is 0 Å². The van der Waals surface area contributed by atoms with Crippen molar-refractivity contribution in [2.75, 3.05) is 0 Å². The van der Waals surface area contributed by atoms with E-state index >= 15 is 0 Å². The van der Waals surface area contributed by atoms with E-state index in [1.54, 1.807) is 48.5 Å². The minimum atomic E-state index is -0.767. The highest BCUT2D eigenvalue weighted by atomic mass is 16.3. The molecule has 8 heteroatoms. The standard InChI is InChI=1S/C28H22N2O6/c1-13-5-9-17(10-6-13)29-23-21(19(15(3)31)27(29)35)26(34)24-22(25(23)33)20(16(4)32)28(36)30(24)18-11-7-14(2)8-12-18/h5-12,31-32H,1-4H3/b19-15-,20-16+. The Labute approximate surface area is 202 Å². The lowest BCUT2D eigenvalue weighted by molar-refractivity contribution is 0.497. The SMILES string of the molecule is C/C(O)=c1\c2c(=O)c3n(-c4ccc(C)cc4)c(=O)/c(=C(\C)O)c=3c(=O)c=2n(-c2ccc(C)cc2)c1=O. The molecule has 0 atom stereocenters. The number of hydrogen-bond donors (Lipinski definition) is 2. The van der Waals surface area contributed by atoms with Crippen molar-refractivity contribution in [2.24, 2.45) is 0 Å². The maximum Gasteiger partial charge on any atom is 0.267 e. The lowest BCUT2D eigenvalue weighted by Crippen LogP contribution is -2.33. The van der Waals surface area contributed by atoms with E-state index in [2.05, 4.69) is 0 Å². The second-order valence-electron chi connectivity index (χ2n) is 8.98. The van der Waals surface area contributed by atoms with Crippen LogP contribution in [0.25, 0.3) is 22.9 Å². The molecular formula is C28H22N2O6. The van der Waals surface area contributed by atoms with E-state index in [4.69, 9.17) is 0 Å². The molecule has 2 heterocycles. The summed E-state index contributed by atoms with van der Waals surface area (Å²) in [5.41, 5.74) is -0.511. The maximum atomic E-state index is 14.0. The molecule has 180 valence electrons. The van der Waals surface area contributed by atoms with Gasteiger partial charge in [-0.2, -0.15) is 0 Å². The minimum absolute atomic E-state index is 0.256. The van der Waals surface area contributed by atoms with Crippen molar-refractivity contribution in [3.63, 3.8) is 0 Å². The van der Waals surface area contributed by atoms with Gasteiger partial charge in [-0.15, -0.1) is 0 Å². The third-order valence-corrected chi connectivity index (χ3v) is 6.45. The van der Waals surface area contributed by atoms with Crippen LogP contribution in [0.2, 0.25) is 0 Å². The predicted molar refractivity (Wildman–Crippen MR) is 135 cm³/mol. The first-order valence-corrected chi connectivity index (χ1v) is 11.2. The van der Waals surface area contributed by atoms with E-state index in [9.17, 15) is 29.4 Å². The molecule has 0 amide bonds. The van der Waals surface area contributed by atoms with Crippen molar-refractivity contribution in [1.29, 1.82) is 0 Å². The monoisotopic (exact) mass is 482 g/mol. The molecule has 0 aromatic heterocycles. The maximum absolute atomic E-state index is 14.0. The third kappa shape index (κ3) is 3.07. The lowest BCUT2D eigenvalue weighted by Gasteiger charge is -2.04. The Balaban J connectivity index is 2.20. The highest BCUT2D eigenvalue weighted by molar-refractivity contribution is 5.44. The van der Waals surface area contributed by atoms with Crippen LogP contribution < -0.4 is 32.4 Å². The summed E-state index contributed by atoms with van der Waals surface area (Å²) in [5.74, 6) is -0.847. The number of rotatable bonds is 2. The summed E-state index contributed by atoms with van der Waals surface area (Å²) < 4.78 is 2.16. The molecule has 8 nitrogen and oxygen atoms in total. The van der Waals surface area contributed by atoms with Gasteiger partial charge in [-0.05, 0) is 52.0 Å². The van der Waals surface area contributed by atoms with Crippen LogP contribution in [0.1, 0.15) is 25.0 Å². The van der Waals surface area contributed by atoms with Crippen LogP contribution in [0.3, 0.4) is 0 Å². The van der Waals surface area contributed by atoms with Gasteiger partial charge in [0, 0.05) is 11.4 Å². The van der Waals surface area contributed by atoms with Crippen LogP contribution in [0.4, 0.5) is 0 Å². The Morgan fingerprint density at radius 2 is 0.889 bits per heavy atom. The van der Waals surface area contributed by atoms with E-state index in [-0.39, 0.29) is 31.6 Å². The van der Waals surface area contributed by atoms with Crippen molar-refractivity contribution < 1.29 is 10.2 Å². The first-order valence-electron chi connectivity index (χ1n) is 11.2. The summed E-state index contributed by atoms with van der Waals surface area (Å²) in [6.07, 6.45) is 0. The number of aliphatic hydroxyl groups is 2. The number of aliphatic hydroxyl groups excluding tert-OH is 2. The molecule has 0 saturated carbocycles. The van der Waals surface area contributed by atoms with Crippen molar-refractivity contribution in [3.05, 3.63) is 132 Å². The van der Waals surface area contributed by atoms with Crippen LogP contribution in [0, 0.1) is 35.0 Å². The average Bonchev–Trinajstić information content (AvgIpc) is 3.31. The Hall–Kier alpha value is -4.72. The van der Waals surface area contributed by atoms with Gasteiger partial charge < -0.3 is 10.2 Å². The zero-order chi connectivity index (χ0) is 26.0. The molecule has 36 heavy (non-hydrogen) atoms. The van der Waals surface area contributed by atoms with Gasteiger partial charge in [0.05, 0.1) is 20.9 Å². The van der Waals surface area contributed by atoms with E-state index in [1.807, 2.05) is 13.8 Å². The summed E-state index contributed by atoms with van der Waals surface area (Å²) in [7, 11) is 0. The molecule has 3 aliphatic rings. The summed E-state index contributed by atoms with van der Waals surface area (Å²) in [4.78, 5) is 55.0. The number of aromatic nitrogens is 2. The van der Waals surface area contributed by atoms with Gasteiger partial charge in [-0.1, -0.05) is 35.4 Å². The number of aryl methyl sites for hydroxylation is 2. The molecule has 2 N–H and O–H groups in total. The topological polar surface area (TPSA) is 119 Å². The van der Waals surface area contributed by atoms with Crippen LogP contribution in [-0.2, 0) is 0 Å². The smallest absolute Gasteiger partial charge is 0.267 e. The number of hydrogen-bond acceptors (Lipinski definition) is 6. The van der Waals surface area contributed by atoms with Gasteiger partial charge in [-0.3, -0.25) is 28.3 Å². The Bertz CT molecular complexity index is 1990. The van der Waals surface area contributed by atoms with E-state index in [0.717, 1.165) is 20.3 Å². The van der Waals surface area contributed by atoms with Gasteiger partial charge in [-0.25, -0.2) is 0 Å². The van der Waals surface area contributed by atoms with E-state index in [1.165, 1.54) is 13.8 Å². The highest BCUT2D eigenvalue weighted by Gasteiger charge is 2.23. The first kappa shape index (κ1) is 23.0. The molecule has 0 radical (unpaired) electrons. The van der Waals surface area contributed by atoms with Crippen LogP contribution in [-0.4, -0.2) is 19.3 Å². The summed E-state index contributed by atoms with van der Waals surface area (Å²) in [5, 5.41) is 19.2. The zero-order valence-corrected chi connectivity index (χ0v) is 20.0. The van der Waals surface area contributed by atoms with Crippen molar-refractivity contribution in [3.8, 4) is 11.4 Å². The normalized spacial score (nSPS) is 13.4. The molecule has 1 aliphatic carbocycles. The molecule has 0 unspecified atom stereocenters. The van der Waals surface area contributed by atoms with E-state index < -0.39 is 33.5 Å². The molecule has 2 aliphatic heterocycles. The number of nitrogens with zero attached hydrogens (tertiary/aromatic N) is 2.